The molecule has 1 fully saturated rings. The molecule has 1 atom stereocenters. The summed E-state index contributed by atoms with van der Waals surface area (Å²) in [5, 5.41) is 0.474. The van der Waals surface area contributed by atoms with Crippen molar-refractivity contribution < 1.29 is 9.13 Å². The number of para-hydroxylation sites is 1. The summed E-state index contributed by atoms with van der Waals surface area (Å²) in [5.74, 6) is -0.354. The molecule has 1 saturated heterocycles. The van der Waals surface area contributed by atoms with E-state index in [0.29, 0.717) is 23.1 Å². The van der Waals surface area contributed by atoms with Crippen molar-refractivity contribution in [2.75, 3.05) is 6.61 Å². The van der Waals surface area contributed by atoms with Crippen LogP contribution in [0.5, 0.6) is 0 Å². The van der Waals surface area contributed by atoms with Gasteiger partial charge in [-0.3, -0.25) is 13.9 Å². The van der Waals surface area contributed by atoms with Crippen LogP contribution in [-0.2, 0) is 17.8 Å². The van der Waals surface area contributed by atoms with Gasteiger partial charge in [-0.05, 0) is 42.7 Å². The molecule has 5 nitrogen and oxygen atoms in total. The summed E-state index contributed by atoms with van der Waals surface area (Å²) in [7, 11) is 0. The Hall–Kier alpha value is -2.73. The Morgan fingerprint density at radius 2 is 1.92 bits per heavy atom. The molecule has 26 heavy (non-hydrogen) atoms. The largest absolute Gasteiger partial charge is 0.376 e. The summed E-state index contributed by atoms with van der Waals surface area (Å²) in [5.41, 5.74) is 0.514. The highest BCUT2D eigenvalue weighted by Gasteiger charge is 2.20. The van der Waals surface area contributed by atoms with E-state index < -0.39 is 5.69 Å². The van der Waals surface area contributed by atoms with Crippen LogP contribution in [0.2, 0.25) is 0 Å². The monoisotopic (exact) mass is 354 g/mol. The van der Waals surface area contributed by atoms with Crippen LogP contribution >= 0.6 is 0 Å². The normalized spacial score (nSPS) is 17.0. The summed E-state index contributed by atoms with van der Waals surface area (Å²) in [6.45, 7) is 1.10. The van der Waals surface area contributed by atoms with Gasteiger partial charge >= 0.3 is 5.69 Å². The second-order valence-electron chi connectivity index (χ2n) is 6.57. The summed E-state index contributed by atoms with van der Waals surface area (Å²) in [6, 6.07) is 13.2. The zero-order chi connectivity index (χ0) is 18.1. The number of hydrogen-bond donors (Lipinski definition) is 0. The lowest BCUT2D eigenvalue weighted by Crippen LogP contribution is -2.42. The Labute approximate surface area is 149 Å². The van der Waals surface area contributed by atoms with E-state index in [0.717, 1.165) is 12.8 Å². The summed E-state index contributed by atoms with van der Waals surface area (Å²) >= 11 is 0. The molecule has 0 N–H and O–H groups in total. The van der Waals surface area contributed by atoms with Crippen LogP contribution in [-0.4, -0.2) is 21.8 Å². The molecular weight excluding hydrogens is 335 g/mol. The number of rotatable bonds is 4. The van der Waals surface area contributed by atoms with E-state index in [1.54, 1.807) is 36.4 Å². The van der Waals surface area contributed by atoms with Gasteiger partial charge in [0.05, 0.1) is 30.1 Å². The first-order valence-corrected chi connectivity index (χ1v) is 8.72. The molecular formula is C20H19FN2O3. The minimum atomic E-state index is -0.395. The summed E-state index contributed by atoms with van der Waals surface area (Å²) in [4.78, 5) is 25.9. The van der Waals surface area contributed by atoms with E-state index in [4.69, 9.17) is 4.74 Å². The van der Waals surface area contributed by atoms with Crippen LogP contribution < -0.4 is 11.2 Å². The smallest absolute Gasteiger partial charge is 0.331 e. The van der Waals surface area contributed by atoms with Crippen LogP contribution in [0.25, 0.3) is 10.9 Å². The maximum Gasteiger partial charge on any atom is 0.331 e. The van der Waals surface area contributed by atoms with Crippen molar-refractivity contribution in [1.29, 1.82) is 0 Å². The van der Waals surface area contributed by atoms with Gasteiger partial charge in [-0.2, -0.15) is 0 Å². The molecule has 0 aliphatic carbocycles. The fourth-order valence-electron chi connectivity index (χ4n) is 3.49. The van der Waals surface area contributed by atoms with Crippen molar-refractivity contribution in [3.63, 3.8) is 0 Å². The maximum atomic E-state index is 13.5. The number of nitrogens with zero attached hydrogens (tertiary/aromatic N) is 2. The van der Waals surface area contributed by atoms with Gasteiger partial charge in [0, 0.05) is 6.61 Å². The lowest BCUT2D eigenvalue weighted by Gasteiger charge is -2.16. The molecule has 1 unspecified atom stereocenters. The van der Waals surface area contributed by atoms with E-state index >= 15 is 0 Å². The molecule has 4 rings (SSSR count). The molecule has 3 aromatic rings. The van der Waals surface area contributed by atoms with E-state index in [9.17, 15) is 14.0 Å². The molecule has 0 radical (unpaired) electrons. The third kappa shape index (κ3) is 3.08. The molecule has 6 heteroatoms. The number of fused-ring (bicyclic) bond motifs is 1. The standard InChI is InChI=1S/C20H19FN2O3/c21-15-6-3-5-14(11-15)12-22-18-9-2-1-8-17(18)19(24)23(20(22)25)13-16-7-4-10-26-16/h1-3,5-6,8-9,11,16H,4,7,10,12-13H2. The molecule has 0 saturated carbocycles. The van der Waals surface area contributed by atoms with Gasteiger partial charge in [-0.1, -0.05) is 24.3 Å². The van der Waals surface area contributed by atoms with Gasteiger partial charge in [-0.15, -0.1) is 0 Å². The van der Waals surface area contributed by atoms with E-state index in [-0.39, 0.29) is 30.6 Å². The van der Waals surface area contributed by atoms with Crippen LogP contribution in [0.3, 0.4) is 0 Å². The lowest BCUT2D eigenvalue weighted by molar-refractivity contribution is 0.0948. The Kier molecular flexibility index (Phi) is 4.42. The number of ether oxygens (including phenoxy) is 1. The third-order valence-corrected chi connectivity index (χ3v) is 4.77. The Bertz CT molecular complexity index is 1060. The van der Waals surface area contributed by atoms with Gasteiger partial charge in [-0.25, -0.2) is 9.18 Å². The van der Waals surface area contributed by atoms with Crippen molar-refractivity contribution >= 4 is 10.9 Å². The van der Waals surface area contributed by atoms with Crippen LogP contribution in [0.4, 0.5) is 4.39 Å². The van der Waals surface area contributed by atoms with Gasteiger partial charge in [0.1, 0.15) is 5.82 Å². The molecule has 2 heterocycles. The van der Waals surface area contributed by atoms with Crippen molar-refractivity contribution in [3.8, 4) is 0 Å². The zero-order valence-corrected chi connectivity index (χ0v) is 14.2. The average Bonchev–Trinajstić information content (AvgIpc) is 3.16. The van der Waals surface area contributed by atoms with E-state index in [2.05, 4.69) is 0 Å². The lowest BCUT2D eigenvalue weighted by atomic mass is 10.2. The molecule has 2 aromatic carbocycles. The van der Waals surface area contributed by atoms with Gasteiger partial charge in [0.2, 0.25) is 0 Å². The van der Waals surface area contributed by atoms with Gasteiger partial charge in [0.15, 0.2) is 0 Å². The quantitative estimate of drug-likeness (QED) is 0.723. The van der Waals surface area contributed by atoms with Crippen LogP contribution in [0, 0.1) is 5.82 Å². The predicted octanol–water partition coefficient (Wildman–Crippen LogP) is 2.53. The molecule has 1 aromatic heterocycles. The topological polar surface area (TPSA) is 53.2 Å². The highest BCUT2D eigenvalue weighted by molar-refractivity contribution is 5.77. The second kappa shape index (κ2) is 6.88. The third-order valence-electron chi connectivity index (χ3n) is 4.77. The van der Waals surface area contributed by atoms with Crippen LogP contribution in [0.15, 0.2) is 58.1 Å². The molecule has 134 valence electrons. The molecule has 1 aliphatic heterocycles. The Balaban J connectivity index is 1.87. The number of aromatic nitrogens is 2. The SMILES string of the molecule is O=c1c2ccccc2n(Cc2cccc(F)c2)c(=O)n1CC1CCCO1. The minimum Gasteiger partial charge on any atom is -0.376 e. The molecule has 0 amide bonds. The fourth-order valence-corrected chi connectivity index (χ4v) is 3.49. The van der Waals surface area contributed by atoms with Crippen LogP contribution in [0.1, 0.15) is 18.4 Å². The van der Waals surface area contributed by atoms with Gasteiger partial charge in [0.25, 0.3) is 5.56 Å². The fraction of sp³-hybridized carbons (Fsp3) is 0.300. The van der Waals surface area contributed by atoms with Crippen molar-refractivity contribution in [3.05, 3.63) is 80.7 Å². The number of hydrogen-bond acceptors (Lipinski definition) is 3. The van der Waals surface area contributed by atoms with Gasteiger partial charge < -0.3 is 4.74 Å². The number of benzene rings is 2. The highest BCUT2D eigenvalue weighted by atomic mass is 19.1. The van der Waals surface area contributed by atoms with E-state index in [1.807, 2.05) is 0 Å². The Morgan fingerprint density at radius 3 is 2.69 bits per heavy atom. The van der Waals surface area contributed by atoms with Crippen molar-refractivity contribution in [1.82, 2.24) is 9.13 Å². The summed E-state index contributed by atoms with van der Waals surface area (Å²) in [6.07, 6.45) is 1.65. The first-order valence-electron chi connectivity index (χ1n) is 8.72. The zero-order valence-electron chi connectivity index (χ0n) is 14.2. The predicted molar refractivity (Wildman–Crippen MR) is 96.9 cm³/mol. The highest BCUT2D eigenvalue weighted by Crippen LogP contribution is 2.15. The Morgan fingerprint density at radius 1 is 1.08 bits per heavy atom. The van der Waals surface area contributed by atoms with Crippen molar-refractivity contribution in [2.45, 2.75) is 32.0 Å². The first kappa shape index (κ1) is 16.7. The molecule has 0 spiro atoms. The second-order valence-corrected chi connectivity index (χ2v) is 6.57. The number of halogens is 1. The van der Waals surface area contributed by atoms with Crippen molar-refractivity contribution in [2.24, 2.45) is 0 Å². The summed E-state index contributed by atoms with van der Waals surface area (Å²) < 4.78 is 21.9. The van der Waals surface area contributed by atoms with E-state index in [1.165, 1.54) is 21.3 Å². The first-order chi connectivity index (χ1) is 12.6. The minimum absolute atomic E-state index is 0.121. The average molecular weight is 354 g/mol. The molecule has 0 bridgehead atoms. The molecule has 1 aliphatic rings. The maximum absolute atomic E-state index is 13.5.